The van der Waals surface area contributed by atoms with Crippen LogP contribution in [0.15, 0.2) is 23.1 Å². The molecule has 0 bridgehead atoms. The molecule has 2 aliphatic heterocycles. The van der Waals surface area contributed by atoms with Gasteiger partial charge in [-0.15, -0.1) is 0 Å². The maximum absolute atomic E-state index is 12.9. The zero-order chi connectivity index (χ0) is 20.7. The lowest BCUT2D eigenvalue weighted by Crippen LogP contribution is -2.40. The molecule has 2 heterocycles. The maximum atomic E-state index is 12.9. The SMILES string of the molecule is CCN1CCCC1CNS(=O)(=O)c1ccc2c(c1)C(C)(C)CN2C(=O)C(C)C. The number of rotatable bonds is 6. The van der Waals surface area contributed by atoms with Crippen LogP contribution < -0.4 is 9.62 Å². The van der Waals surface area contributed by atoms with Crippen molar-refractivity contribution in [3.05, 3.63) is 23.8 Å². The van der Waals surface area contributed by atoms with Gasteiger partial charge in [0.05, 0.1) is 4.90 Å². The van der Waals surface area contributed by atoms with Gasteiger partial charge in [-0.1, -0.05) is 34.6 Å². The van der Waals surface area contributed by atoms with Crippen molar-refractivity contribution in [2.24, 2.45) is 5.92 Å². The van der Waals surface area contributed by atoms with Gasteiger partial charge in [-0.2, -0.15) is 0 Å². The highest BCUT2D eigenvalue weighted by Gasteiger charge is 2.39. The van der Waals surface area contributed by atoms with Crippen LogP contribution in [0.3, 0.4) is 0 Å². The molecule has 3 rings (SSSR count). The molecule has 156 valence electrons. The molecule has 6 nitrogen and oxygen atoms in total. The van der Waals surface area contributed by atoms with Crippen LogP contribution in [0.5, 0.6) is 0 Å². The first-order valence-electron chi connectivity index (χ1n) is 10.3. The van der Waals surface area contributed by atoms with Crippen molar-refractivity contribution in [3.8, 4) is 0 Å². The number of likely N-dealkylation sites (tertiary alicyclic amines) is 1. The first-order chi connectivity index (χ1) is 13.1. The lowest BCUT2D eigenvalue weighted by Gasteiger charge is -2.23. The largest absolute Gasteiger partial charge is 0.311 e. The number of fused-ring (bicyclic) bond motifs is 1. The Labute approximate surface area is 169 Å². The van der Waals surface area contributed by atoms with E-state index in [9.17, 15) is 13.2 Å². The molecule has 0 radical (unpaired) electrons. The number of carbonyl (C=O) groups excluding carboxylic acids is 1. The molecule has 28 heavy (non-hydrogen) atoms. The number of nitrogens with zero attached hydrogens (tertiary/aromatic N) is 2. The normalized spacial score (nSPS) is 22.1. The number of sulfonamides is 1. The Morgan fingerprint density at radius 2 is 2.04 bits per heavy atom. The van der Waals surface area contributed by atoms with E-state index in [0.717, 1.165) is 37.2 Å². The van der Waals surface area contributed by atoms with E-state index >= 15 is 0 Å². The lowest BCUT2D eigenvalue weighted by atomic mass is 9.87. The number of benzene rings is 1. The van der Waals surface area contributed by atoms with E-state index in [4.69, 9.17) is 0 Å². The van der Waals surface area contributed by atoms with Crippen molar-refractivity contribution in [2.45, 2.75) is 63.8 Å². The van der Waals surface area contributed by atoms with E-state index in [-0.39, 0.29) is 28.2 Å². The summed E-state index contributed by atoms with van der Waals surface area (Å²) in [6.07, 6.45) is 2.15. The van der Waals surface area contributed by atoms with Gasteiger partial charge in [0.15, 0.2) is 0 Å². The molecule has 1 aromatic rings. The zero-order valence-corrected chi connectivity index (χ0v) is 18.5. The molecule has 1 saturated heterocycles. The fourth-order valence-corrected chi connectivity index (χ4v) is 5.46. The molecule has 7 heteroatoms. The van der Waals surface area contributed by atoms with E-state index in [1.54, 1.807) is 23.1 Å². The standard InChI is InChI=1S/C21H33N3O3S/c1-6-23-11-7-8-16(23)13-22-28(26,27)17-9-10-19-18(12-17)21(4,5)14-24(19)20(25)15(2)3/h9-10,12,15-16,22H,6-8,11,13-14H2,1-5H3. The van der Waals surface area contributed by atoms with Gasteiger partial charge in [0.2, 0.25) is 15.9 Å². The van der Waals surface area contributed by atoms with Crippen LogP contribution in [0, 0.1) is 5.92 Å². The summed E-state index contributed by atoms with van der Waals surface area (Å²) in [6, 6.07) is 5.42. The third-order valence-electron chi connectivity index (χ3n) is 6.03. The minimum absolute atomic E-state index is 0.0708. The summed E-state index contributed by atoms with van der Waals surface area (Å²) in [7, 11) is -3.59. The van der Waals surface area contributed by atoms with Crippen LogP contribution in [0.1, 0.15) is 53.0 Å². The third kappa shape index (κ3) is 3.98. The lowest BCUT2D eigenvalue weighted by molar-refractivity contribution is -0.121. The molecule has 0 aromatic heterocycles. The minimum Gasteiger partial charge on any atom is -0.311 e. The minimum atomic E-state index is -3.59. The monoisotopic (exact) mass is 407 g/mol. The highest BCUT2D eigenvalue weighted by Crippen LogP contribution is 2.42. The summed E-state index contributed by atoms with van der Waals surface area (Å²) >= 11 is 0. The number of hydrogen-bond donors (Lipinski definition) is 1. The average Bonchev–Trinajstić information content (AvgIpc) is 3.21. The Balaban J connectivity index is 1.83. The fourth-order valence-electron chi connectivity index (χ4n) is 4.37. The Hall–Kier alpha value is -1.44. The van der Waals surface area contributed by atoms with Crippen LogP contribution in [-0.4, -0.2) is 51.4 Å². The van der Waals surface area contributed by atoms with E-state index in [2.05, 4.69) is 30.4 Å². The Morgan fingerprint density at radius 3 is 2.68 bits per heavy atom. The molecule has 1 N–H and O–H groups in total. The van der Waals surface area contributed by atoms with Gasteiger partial charge >= 0.3 is 0 Å². The molecular formula is C21H33N3O3S. The third-order valence-corrected chi connectivity index (χ3v) is 7.45. The molecule has 2 aliphatic rings. The van der Waals surface area contributed by atoms with Gasteiger partial charge in [0, 0.05) is 36.2 Å². The molecule has 1 atom stereocenters. The van der Waals surface area contributed by atoms with Crippen molar-refractivity contribution >= 4 is 21.6 Å². The number of hydrogen-bond acceptors (Lipinski definition) is 4. The van der Waals surface area contributed by atoms with Gasteiger partial charge < -0.3 is 4.90 Å². The second kappa shape index (κ2) is 7.76. The van der Waals surface area contributed by atoms with Gasteiger partial charge in [-0.25, -0.2) is 13.1 Å². The first-order valence-corrected chi connectivity index (χ1v) is 11.7. The molecular weight excluding hydrogens is 374 g/mol. The second-order valence-electron chi connectivity index (χ2n) is 8.92. The van der Waals surface area contributed by atoms with E-state index in [0.29, 0.717) is 13.1 Å². The van der Waals surface area contributed by atoms with E-state index in [1.807, 2.05) is 13.8 Å². The molecule has 1 unspecified atom stereocenters. The molecule has 1 amide bonds. The van der Waals surface area contributed by atoms with Crippen LogP contribution in [0.4, 0.5) is 5.69 Å². The number of anilines is 1. The number of carbonyl (C=O) groups is 1. The summed E-state index contributed by atoms with van der Waals surface area (Å²) in [5, 5.41) is 0. The highest BCUT2D eigenvalue weighted by atomic mass is 32.2. The van der Waals surface area contributed by atoms with Crippen LogP contribution in [0.2, 0.25) is 0 Å². The van der Waals surface area contributed by atoms with Crippen LogP contribution in [0.25, 0.3) is 0 Å². The predicted octanol–water partition coefficient (Wildman–Crippen LogP) is 2.73. The zero-order valence-electron chi connectivity index (χ0n) is 17.7. The molecule has 0 aliphatic carbocycles. The molecule has 1 fully saturated rings. The average molecular weight is 408 g/mol. The summed E-state index contributed by atoms with van der Waals surface area (Å²) < 4.78 is 28.6. The summed E-state index contributed by atoms with van der Waals surface area (Å²) in [5.41, 5.74) is 1.46. The Morgan fingerprint density at radius 1 is 1.32 bits per heavy atom. The van der Waals surface area contributed by atoms with Crippen LogP contribution in [-0.2, 0) is 20.2 Å². The topological polar surface area (TPSA) is 69.7 Å². The fraction of sp³-hybridized carbons (Fsp3) is 0.667. The van der Waals surface area contributed by atoms with Crippen molar-refractivity contribution in [3.63, 3.8) is 0 Å². The second-order valence-corrected chi connectivity index (χ2v) is 10.7. The summed E-state index contributed by atoms with van der Waals surface area (Å²) in [5.74, 6) is -0.0267. The number of likely N-dealkylation sites (N-methyl/N-ethyl adjacent to an activating group) is 1. The van der Waals surface area contributed by atoms with E-state index < -0.39 is 10.0 Å². The van der Waals surface area contributed by atoms with Gasteiger partial charge in [0.25, 0.3) is 0 Å². The molecule has 1 aromatic carbocycles. The maximum Gasteiger partial charge on any atom is 0.240 e. The molecule has 0 saturated carbocycles. The smallest absolute Gasteiger partial charge is 0.240 e. The Kier molecular flexibility index (Phi) is 5.90. The quantitative estimate of drug-likeness (QED) is 0.787. The van der Waals surface area contributed by atoms with E-state index in [1.165, 1.54) is 0 Å². The van der Waals surface area contributed by atoms with Gasteiger partial charge in [0.1, 0.15) is 0 Å². The number of nitrogens with one attached hydrogen (secondary N) is 1. The van der Waals surface area contributed by atoms with Crippen molar-refractivity contribution in [2.75, 3.05) is 31.1 Å². The van der Waals surface area contributed by atoms with Gasteiger partial charge in [-0.05, 0) is 49.7 Å². The predicted molar refractivity (Wildman–Crippen MR) is 112 cm³/mol. The van der Waals surface area contributed by atoms with Crippen molar-refractivity contribution < 1.29 is 13.2 Å². The van der Waals surface area contributed by atoms with Crippen LogP contribution >= 0.6 is 0 Å². The van der Waals surface area contributed by atoms with Crippen molar-refractivity contribution in [1.29, 1.82) is 0 Å². The number of amides is 1. The highest BCUT2D eigenvalue weighted by molar-refractivity contribution is 7.89. The van der Waals surface area contributed by atoms with Crippen molar-refractivity contribution in [1.82, 2.24) is 9.62 Å². The first kappa shape index (κ1) is 21.3. The summed E-state index contributed by atoms with van der Waals surface area (Å²) in [6.45, 7) is 13.0. The molecule has 0 spiro atoms. The summed E-state index contributed by atoms with van der Waals surface area (Å²) in [4.78, 5) is 17.0. The Bertz CT molecular complexity index is 848. The van der Waals surface area contributed by atoms with Gasteiger partial charge in [-0.3, -0.25) is 9.69 Å².